The lowest BCUT2D eigenvalue weighted by atomic mass is 9.98. The average molecular weight is 319 g/mol. The first-order chi connectivity index (χ1) is 11.2. The van der Waals surface area contributed by atoms with E-state index in [1.807, 2.05) is 13.1 Å². The Kier molecular flexibility index (Phi) is 5.33. The van der Waals surface area contributed by atoms with Gasteiger partial charge in [0.2, 0.25) is 0 Å². The van der Waals surface area contributed by atoms with E-state index in [2.05, 4.69) is 27.3 Å². The van der Waals surface area contributed by atoms with E-state index in [-0.39, 0.29) is 11.9 Å². The molecule has 0 bridgehead atoms. The van der Waals surface area contributed by atoms with Gasteiger partial charge in [-0.25, -0.2) is 0 Å². The molecule has 1 aromatic rings. The molecule has 2 fully saturated rings. The predicted molar refractivity (Wildman–Crippen MR) is 90.5 cm³/mol. The van der Waals surface area contributed by atoms with Crippen molar-refractivity contribution in [3.8, 4) is 0 Å². The van der Waals surface area contributed by atoms with Crippen LogP contribution in [0.3, 0.4) is 0 Å². The molecule has 2 saturated heterocycles. The Hall–Kier alpha value is -1.40. The minimum Gasteiger partial charge on any atom is -0.348 e. The molecule has 1 N–H and O–H groups in total. The standard InChI is InChI=1S/C17H29N5O/c1-3-22-13-8-16(19-22)17(23)18-14-4-11-21(12-5-14)15-6-9-20(2)10-7-15/h8,13-15H,3-7,9-12H2,1-2H3,(H,18,23). The molecule has 0 radical (unpaired) electrons. The Morgan fingerprint density at radius 1 is 1.22 bits per heavy atom. The van der Waals surface area contributed by atoms with Crippen molar-refractivity contribution in [1.82, 2.24) is 24.9 Å². The minimum atomic E-state index is -0.0325. The van der Waals surface area contributed by atoms with Gasteiger partial charge in [0.1, 0.15) is 5.69 Å². The molecule has 1 aromatic heterocycles. The summed E-state index contributed by atoms with van der Waals surface area (Å²) >= 11 is 0. The number of likely N-dealkylation sites (tertiary alicyclic amines) is 2. The fraction of sp³-hybridized carbons (Fsp3) is 0.765. The summed E-state index contributed by atoms with van der Waals surface area (Å²) in [5.41, 5.74) is 0.532. The van der Waals surface area contributed by atoms with Crippen LogP contribution in [0.2, 0.25) is 0 Å². The second-order valence-corrected chi connectivity index (χ2v) is 6.87. The monoisotopic (exact) mass is 319 g/mol. The molecule has 1 amide bonds. The van der Waals surface area contributed by atoms with Gasteiger partial charge in [-0.05, 0) is 58.8 Å². The normalized spacial score (nSPS) is 22.3. The molecule has 6 heteroatoms. The van der Waals surface area contributed by atoms with Gasteiger partial charge < -0.3 is 15.1 Å². The summed E-state index contributed by atoms with van der Waals surface area (Å²) in [5.74, 6) is -0.0325. The summed E-state index contributed by atoms with van der Waals surface area (Å²) in [4.78, 5) is 17.3. The number of hydrogen-bond donors (Lipinski definition) is 1. The molecule has 3 heterocycles. The van der Waals surface area contributed by atoms with Gasteiger partial charge in [0.15, 0.2) is 0 Å². The second kappa shape index (κ2) is 7.45. The molecule has 3 rings (SSSR count). The summed E-state index contributed by atoms with van der Waals surface area (Å²) in [6, 6.07) is 2.83. The Morgan fingerprint density at radius 2 is 1.91 bits per heavy atom. The van der Waals surface area contributed by atoms with Crippen LogP contribution in [-0.2, 0) is 6.54 Å². The van der Waals surface area contributed by atoms with Gasteiger partial charge in [0.05, 0.1) is 0 Å². The molecule has 6 nitrogen and oxygen atoms in total. The van der Waals surface area contributed by atoms with E-state index in [4.69, 9.17) is 0 Å². The van der Waals surface area contributed by atoms with Crippen molar-refractivity contribution in [3.05, 3.63) is 18.0 Å². The van der Waals surface area contributed by atoms with Crippen LogP contribution in [-0.4, -0.2) is 70.8 Å². The van der Waals surface area contributed by atoms with Crippen molar-refractivity contribution >= 4 is 5.91 Å². The molecule has 2 aliphatic heterocycles. The van der Waals surface area contributed by atoms with Crippen LogP contribution in [0.25, 0.3) is 0 Å². The zero-order valence-corrected chi connectivity index (χ0v) is 14.4. The molecule has 23 heavy (non-hydrogen) atoms. The lowest BCUT2D eigenvalue weighted by Crippen LogP contribution is -2.50. The summed E-state index contributed by atoms with van der Waals surface area (Å²) in [6.45, 7) is 7.43. The SMILES string of the molecule is CCn1ccc(C(=O)NC2CCN(C3CCN(C)CC3)CC2)n1. The predicted octanol–water partition coefficient (Wildman–Crippen LogP) is 1.19. The first-order valence-corrected chi connectivity index (χ1v) is 8.92. The molecule has 0 atom stereocenters. The van der Waals surface area contributed by atoms with E-state index in [1.165, 1.54) is 25.9 Å². The minimum absolute atomic E-state index is 0.0325. The summed E-state index contributed by atoms with van der Waals surface area (Å²) < 4.78 is 1.79. The van der Waals surface area contributed by atoms with Crippen molar-refractivity contribution in [1.29, 1.82) is 0 Å². The maximum atomic E-state index is 12.3. The molecule has 0 aromatic carbocycles. The van der Waals surface area contributed by atoms with E-state index in [1.54, 1.807) is 10.7 Å². The summed E-state index contributed by atoms with van der Waals surface area (Å²) in [6.07, 6.45) is 6.51. The third kappa shape index (κ3) is 4.12. The van der Waals surface area contributed by atoms with Crippen molar-refractivity contribution in [2.45, 2.75) is 51.2 Å². The maximum Gasteiger partial charge on any atom is 0.271 e. The number of rotatable bonds is 4. The summed E-state index contributed by atoms with van der Waals surface area (Å²) in [5, 5.41) is 7.43. The van der Waals surface area contributed by atoms with Crippen LogP contribution in [0.15, 0.2) is 12.3 Å². The highest BCUT2D eigenvalue weighted by molar-refractivity contribution is 5.92. The Morgan fingerprint density at radius 3 is 2.52 bits per heavy atom. The zero-order valence-electron chi connectivity index (χ0n) is 14.4. The molecule has 0 unspecified atom stereocenters. The quantitative estimate of drug-likeness (QED) is 0.906. The van der Waals surface area contributed by atoms with E-state index in [9.17, 15) is 4.79 Å². The average Bonchev–Trinajstić information content (AvgIpc) is 3.06. The number of amides is 1. The van der Waals surface area contributed by atoms with Crippen molar-refractivity contribution < 1.29 is 4.79 Å². The third-order valence-electron chi connectivity index (χ3n) is 5.27. The van der Waals surface area contributed by atoms with Gasteiger partial charge >= 0.3 is 0 Å². The van der Waals surface area contributed by atoms with Gasteiger partial charge in [-0.2, -0.15) is 5.10 Å². The van der Waals surface area contributed by atoms with Gasteiger partial charge in [0, 0.05) is 37.9 Å². The van der Waals surface area contributed by atoms with Crippen LogP contribution in [0.4, 0.5) is 0 Å². The van der Waals surface area contributed by atoms with E-state index in [0.717, 1.165) is 38.5 Å². The number of nitrogens with zero attached hydrogens (tertiary/aromatic N) is 4. The Balaban J connectivity index is 1.44. The Labute approximate surface area is 138 Å². The molecule has 0 aliphatic carbocycles. The highest BCUT2D eigenvalue weighted by Gasteiger charge is 2.28. The van der Waals surface area contributed by atoms with Crippen molar-refractivity contribution in [2.24, 2.45) is 0 Å². The van der Waals surface area contributed by atoms with Crippen LogP contribution in [0.1, 0.15) is 43.1 Å². The van der Waals surface area contributed by atoms with Crippen LogP contribution in [0.5, 0.6) is 0 Å². The van der Waals surface area contributed by atoms with Gasteiger partial charge in [-0.15, -0.1) is 0 Å². The zero-order chi connectivity index (χ0) is 16.2. The number of aryl methyl sites for hydroxylation is 1. The maximum absolute atomic E-state index is 12.3. The molecule has 128 valence electrons. The van der Waals surface area contributed by atoms with E-state index >= 15 is 0 Å². The number of hydrogen-bond acceptors (Lipinski definition) is 4. The fourth-order valence-electron chi connectivity index (χ4n) is 3.69. The third-order valence-corrected chi connectivity index (χ3v) is 5.27. The topological polar surface area (TPSA) is 53.4 Å². The summed E-state index contributed by atoms with van der Waals surface area (Å²) in [7, 11) is 2.21. The largest absolute Gasteiger partial charge is 0.348 e. The number of nitrogens with one attached hydrogen (secondary N) is 1. The van der Waals surface area contributed by atoms with E-state index in [0.29, 0.717) is 5.69 Å². The highest BCUT2D eigenvalue weighted by atomic mass is 16.2. The molecule has 0 saturated carbocycles. The van der Waals surface area contributed by atoms with E-state index < -0.39 is 0 Å². The highest BCUT2D eigenvalue weighted by Crippen LogP contribution is 2.20. The Bertz CT molecular complexity index is 513. The van der Waals surface area contributed by atoms with Gasteiger partial charge in [-0.3, -0.25) is 9.48 Å². The first-order valence-electron chi connectivity index (χ1n) is 8.92. The van der Waals surface area contributed by atoms with Crippen molar-refractivity contribution in [2.75, 3.05) is 33.2 Å². The molecule has 0 spiro atoms. The van der Waals surface area contributed by atoms with Crippen LogP contribution >= 0.6 is 0 Å². The van der Waals surface area contributed by atoms with Crippen LogP contribution in [0, 0.1) is 0 Å². The van der Waals surface area contributed by atoms with Crippen molar-refractivity contribution in [3.63, 3.8) is 0 Å². The molecular formula is C17H29N5O. The lowest BCUT2D eigenvalue weighted by molar-refractivity contribution is 0.0803. The smallest absolute Gasteiger partial charge is 0.271 e. The van der Waals surface area contributed by atoms with Crippen LogP contribution < -0.4 is 5.32 Å². The molecule has 2 aliphatic rings. The number of piperidine rings is 2. The number of aromatic nitrogens is 2. The molecular weight excluding hydrogens is 290 g/mol. The number of carbonyl (C=O) groups is 1. The van der Waals surface area contributed by atoms with Gasteiger partial charge in [0.25, 0.3) is 5.91 Å². The second-order valence-electron chi connectivity index (χ2n) is 6.87. The fourth-order valence-corrected chi connectivity index (χ4v) is 3.69. The first kappa shape index (κ1) is 16.5. The lowest BCUT2D eigenvalue weighted by Gasteiger charge is -2.41. The van der Waals surface area contributed by atoms with Gasteiger partial charge in [-0.1, -0.05) is 0 Å². The number of carbonyl (C=O) groups excluding carboxylic acids is 1.